The predicted octanol–water partition coefficient (Wildman–Crippen LogP) is 4.47. The van der Waals surface area contributed by atoms with Crippen LogP contribution in [0.15, 0.2) is 47.4 Å². The lowest BCUT2D eigenvalue weighted by Gasteiger charge is -2.14. The van der Waals surface area contributed by atoms with Gasteiger partial charge in [-0.1, -0.05) is 23.7 Å². The fraction of sp³-hybridized carbons (Fsp3) is 0.316. The molecular weight excluding hydrogens is 358 g/mol. The van der Waals surface area contributed by atoms with Gasteiger partial charge in [0.05, 0.1) is 25.0 Å². The summed E-state index contributed by atoms with van der Waals surface area (Å²) >= 11 is 7.37. The van der Waals surface area contributed by atoms with Crippen molar-refractivity contribution in [3.63, 3.8) is 0 Å². The second-order valence-corrected chi connectivity index (χ2v) is 7.27. The Bertz CT molecular complexity index is 736. The van der Waals surface area contributed by atoms with Crippen LogP contribution >= 0.6 is 23.4 Å². The number of hydrogen-bond acceptors (Lipinski definition) is 4. The summed E-state index contributed by atoms with van der Waals surface area (Å²) in [6.45, 7) is 3.28. The maximum absolute atomic E-state index is 12.2. The van der Waals surface area contributed by atoms with Crippen molar-refractivity contribution in [1.82, 2.24) is 5.32 Å². The van der Waals surface area contributed by atoms with E-state index in [1.165, 1.54) is 11.8 Å². The summed E-state index contributed by atoms with van der Waals surface area (Å²) in [5, 5.41) is 3.69. The largest absolute Gasteiger partial charge is 0.490 e. The lowest BCUT2D eigenvalue weighted by Crippen LogP contribution is -2.28. The van der Waals surface area contributed by atoms with Crippen LogP contribution in [0.2, 0.25) is 5.02 Å². The summed E-state index contributed by atoms with van der Waals surface area (Å²) < 4.78 is 11.3. The van der Waals surface area contributed by atoms with Gasteiger partial charge in [0.2, 0.25) is 5.91 Å². The van der Waals surface area contributed by atoms with Gasteiger partial charge in [0, 0.05) is 16.3 Å². The number of nitrogens with one attached hydrogen (secondary N) is 1. The van der Waals surface area contributed by atoms with Crippen LogP contribution in [-0.2, 0) is 4.79 Å². The summed E-state index contributed by atoms with van der Waals surface area (Å²) in [5.74, 6) is 1.84. The molecule has 2 aromatic carbocycles. The zero-order valence-electron chi connectivity index (χ0n) is 14.0. The molecule has 1 unspecified atom stereocenters. The average Bonchev–Trinajstić information content (AvgIpc) is 2.85. The molecule has 3 rings (SSSR count). The molecule has 25 heavy (non-hydrogen) atoms. The van der Waals surface area contributed by atoms with Gasteiger partial charge in [-0.3, -0.25) is 4.79 Å². The van der Waals surface area contributed by atoms with Crippen LogP contribution in [0.1, 0.15) is 24.9 Å². The number of rotatable bonds is 5. The number of hydrogen-bond donors (Lipinski definition) is 1. The second-order valence-electron chi connectivity index (χ2n) is 5.79. The molecule has 1 atom stereocenters. The van der Waals surface area contributed by atoms with E-state index in [0.717, 1.165) is 28.4 Å². The summed E-state index contributed by atoms with van der Waals surface area (Å²) in [4.78, 5) is 13.2. The number of carbonyl (C=O) groups is 1. The first kappa shape index (κ1) is 18.0. The van der Waals surface area contributed by atoms with Crippen molar-refractivity contribution >= 4 is 29.3 Å². The zero-order chi connectivity index (χ0) is 17.6. The monoisotopic (exact) mass is 377 g/mol. The Hall–Kier alpha value is -1.85. The molecule has 1 heterocycles. The molecule has 1 amide bonds. The van der Waals surface area contributed by atoms with Gasteiger partial charge in [0.25, 0.3) is 0 Å². The molecule has 4 nitrogen and oxygen atoms in total. The minimum Gasteiger partial charge on any atom is -0.490 e. The van der Waals surface area contributed by atoms with Gasteiger partial charge in [-0.15, -0.1) is 11.8 Å². The number of fused-ring (bicyclic) bond motifs is 1. The van der Waals surface area contributed by atoms with E-state index in [-0.39, 0.29) is 11.9 Å². The molecule has 0 saturated carbocycles. The summed E-state index contributed by atoms with van der Waals surface area (Å²) in [6.07, 6.45) is 0.877. The topological polar surface area (TPSA) is 47.6 Å². The van der Waals surface area contributed by atoms with Crippen LogP contribution in [-0.4, -0.2) is 24.9 Å². The van der Waals surface area contributed by atoms with Crippen molar-refractivity contribution in [2.24, 2.45) is 0 Å². The van der Waals surface area contributed by atoms with E-state index in [1.54, 1.807) is 0 Å². The molecule has 0 fully saturated rings. The third-order valence-electron chi connectivity index (χ3n) is 3.84. The SMILES string of the molecule is CC(NC(=O)CSc1ccc2c(c1)OCCCO2)c1ccc(Cl)cc1. The van der Waals surface area contributed by atoms with Crippen molar-refractivity contribution in [2.45, 2.75) is 24.3 Å². The highest BCUT2D eigenvalue weighted by atomic mass is 35.5. The molecule has 1 N–H and O–H groups in total. The van der Waals surface area contributed by atoms with E-state index in [2.05, 4.69) is 5.32 Å². The molecule has 0 bridgehead atoms. The molecule has 0 radical (unpaired) electrons. The van der Waals surface area contributed by atoms with Crippen molar-refractivity contribution < 1.29 is 14.3 Å². The van der Waals surface area contributed by atoms with Gasteiger partial charge in [0.1, 0.15) is 0 Å². The first-order valence-electron chi connectivity index (χ1n) is 8.19. The molecule has 6 heteroatoms. The van der Waals surface area contributed by atoms with Crippen LogP contribution in [0.25, 0.3) is 0 Å². The Kier molecular flexibility index (Phi) is 6.10. The van der Waals surface area contributed by atoms with E-state index in [4.69, 9.17) is 21.1 Å². The molecule has 0 aromatic heterocycles. The molecule has 1 aliphatic rings. The first-order valence-corrected chi connectivity index (χ1v) is 9.55. The fourth-order valence-corrected chi connectivity index (χ4v) is 3.36. The summed E-state index contributed by atoms with van der Waals surface area (Å²) in [5.41, 5.74) is 1.03. The van der Waals surface area contributed by atoms with Crippen molar-refractivity contribution in [1.29, 1.82) is 0 Å². The molecular formula is C19H20ClNO3S. The zero-order valence-corrected chi connectivity index (χ0v) is 15.5. The number of amides is 1. The van der Waals surface area contributed by atoms with Gasteiger partial charge in [-0.05, 0) is 42.8 Å². The van der Waals surface area contributed by atoms with Gasteiger partial charge in [-0.25, -0.2) is 0 Å². The lowest BCUT2D eigenvalue weighted by atomic mass is 10.1. The highest BCUT2D eigenvalue weighted by Gasteiger charge is 2.13. The Labute approximate surface area is 156 Å². The van der Waals surface area contributed by atoms with Gasteiger partial charge < -0.3 is 14.8 Å². The number of ether oxygens (including phenoxy) is 2. The molecule has 0 saturated heterocycles. The van der Waals surface area contributed by atoms with Crippen LogP contribution < -0.4 is 14.8 Å². The van der Waals surface area contributed by atoms with E-state index in [9.17, 15) is 4.79 Å². The minimum absolute atomic E-state index is 0.0143. The van der Waals surface area contributed by atoms with Crippen LogP contribution in [0.3, 0.4) is 0 Å². The van der Waals surface area contributed by atoms with Crippen molar-refractivity contribution in [3.05, 3.63) is 53.1 Å². The Balaban J connectivity index is 1.53. The first-order chi connectivity index (χ1) is 12.1. The summed E-state index contributed by atoms with van der Waals surface area (Å²) in [6, 6.07) is 13.2. The highest BCUT2D eigenvalue weighted by molar-refractivity contribution is 8.00. The minimum atomic E-state index is -0.0610. The molecule has 132 valence electrons. The second kappa shape index (κ2) is 8.50. The maximum Gasteiger partial charge on any atom is 0.230 e. The van der Waals surface area contributed by atoms with Crippen LogP contribution in [0.4, 0.5) is 0 Å². The van der Waals surface area contributed by atoms with Crippen LogP contribution in [0.5, 0.6) is 11.5 Å². The Morgan fingerprint density at radius 1 is 1.16 bits per heavy atom. The maximum atomic E-state index is 12.2. The van der Waals surface area contributed by atoms with Gasteiger partial charge in [0.15, 0.2) is 11.5 Å². The van der Waals surface area contributed by atoms with Crippen LogP contribution in [0, 0.1) is 0 Å². The van der Waals surface area contributed by atoms with E-state index < -0.39 is 0 Å². The lowest BCUT2D eigenvalue weighted by molar-refractivity contribution is -0.119. The van der Waals surface area contributed by atoms with Gasteiger partial charge in [-0.2, -0.15) is 0 Å². The smallest absolute Gasteiger partial charge is 0.230 e. The molecule has 0 aliphatic carbocycles. The molecule has 0 spiro atoms. The normalized spacial score (nSPS) is 14.5. The van der Waals surface area contributed by atoms with E-state index in [0.29, 0.717) is 24.0 Å². The quantitative estimate of drug-likeness (QED) is 0.781. The standard InChI is InChI=1S/C19H20ClNO3S/c1-13(14-3-5-15(20)6-4-14)21-19(22)12-25-16-7-8-17-18(11-16)24-10-2-9-23-17/h3-8,11,13H,2,9-10,12H2,1H3,(H,21,22). The predicted molar refractivity (Wildman–Crippen MR) is 101 cm³/mol. The average molecular weight is 378 g/mol. The third kappa shape index (κ3) is 5.06. The summed E-state index contributed by atoms with van der Waals surface area (Å²) in [7, 11) is 0. The van der Waals surface area contributed by atoms with Gasteiger partial charge >= 0.3 is 0 Å². The highest BCUT2D eigenvalue weighted by Crippen LogP contribution is 2.33. The van der Waals surface area contributed by atoms with E-state index >= 15 is 0 Å². The Morgan fingerprint density at radius 3 is 2.64 bits per heavy atom. The van der Waals surface area contributed by atoms with Crippen molar-refractivity contribution in [3.8, 4) is 11.5 Å². The molecule has 2 aromatic rings. The molecule has 1 aliphatic heterocycles. The third-order valence-corrected chi connectivity index (χ3v) is 5.08. The fourth-order valence-electron chi connectivity index (χ4n) is 2.50. The van der Waals surface area contributed by atoms with E-state index in [1.807, 2.05) is 49.4 Å². The Morgan fingerprint density at radius 2 is 1.88 bits per heavy atom. The number of thioether (sulfide) groups is 1. The number of carbonyl (C=O) groups excluding carboxylic acids is 1. The van der Waals surface area contributed by atoms with Crippen molar-refractivity contribution in [2.75, 3.05) is 19.0 Å². The number of benzene rings is 2. The number of halogens is 1.